The first-order chi connectivity index (χ1) is 12.2. The summed E-state index contributed by atoms with van der Waals surface area (Å²) in [6.07, 6.45) is 1.24. The Morgan fingerprint density at radius 3 is 2.58 bits per heavy atom. The van der Waals surface area contributed by atoms with Gasteiger partial charge in [0.2, 0.25) is 12.3 Å². The summed E-state index contributed by atoms with van der Waals surface area (Å²) in [5, 5.41) is 12.6. The van der Waals surface area contributed by atoms with E-state index in [1.54, 1.807) is 24.3 Å². The van der Waals surface area contributed by atoms with Gasteiger partial charge in [0.1, 0.15) is 11.3 Å². The second-order valence-electron chi connectivity index (χ2n) is 6.75. The molecule has 140 valence electrons. The van der Waals surface area contributed by atoms with Crippen LogP contribution in [0.4, 0.5) is 0 Å². The molecule has 0 spiro atoms. The van der Waals surface area contributed by atoms with Crippen molar-refractivity contribution in [3.05, 3.63) is 53.7 Å². The first kappa shape index (κ1) is 19.8. The number of ether oxygens (including phenoxy) is 2. The summed E-state index contributed by atoms with van der Waals surface area (Å²) in [6.45, 7) is 6.19. The Morgan fingerprint density at radius 2 is 1.96 bits per heavy atom. The molecule has 7 heteroatoms. The molecule has 0 radical (unpaired) electrons. The summed E-state index contributed by atoms with van der Waals surface area (Å²) in [5.41, 5.74) is 6.19. The topological polar surface area (TPSA) is 107 Å². The zero-order valence-electron chi connectivity index (χ0n) is 15.2. The molecule has 0 saturated heterocycles. The molecule has 2 rings (SSSR count). The van der Waals surface area contributed by atoms with E-state index in [-0.39, 0.29) is 11.4 Å². The van der Waals surface area contributed by atoms with Gasteiger partial charge >= 0.3 is 0 Å². The van der Waals surface area contributed by atoms with Gasteiger partial charge in [-0.1, -0.05) is 12.1 Å². The Balaban J connectivity index is 1.88. The third-order valence-electron chi connectivity index (χ3n) is 3.37. The highest BCUT2D eigenvalue weighted by molar-refractivity contribution is 5.95. The van der Waals surface area contributed by atoms with Gasteiger partial charge in [-0.3, -0.25) is 10.1 Å². The second kappa shape index (κ2) is 8.75. The van der Waals surface area contributed by atoms with E-state index in [1.165, 1.54) is 6.20 Å². The molecule has 7 nitrogen and oxygen atoms in total. The summed E-state index contributed by atoms with van der Waals surface area (Å²) < 4.78 is 11.0. The van der Waals surface area contributed by atoms with E-state index in [9.17, 15) is 9.90 Å². The van der Waals surface area contributed by atoms with Crippen LogP contribution in [0, 0.1) is 0 Å². The van der Waals surface area contributed by atoms with E-state index in [4.69, 9.17) is 15.2 Å². The zero-order chi connectivity index (χ0) is 19.2. The van der Waals surface area contributed by atoms with E-state index in [2.05, 4.69) is 10.3 Å². The molecule has 1 atom stereocenters. The number of aliphatic hydroxyl groups excluding tert-OH is 1. The molecule has 1 amide bonds. The highest BCUT2D eigenvalue weighted by Gasteiger charge is 2.15. The molecule has 0 aliphatic rings. The number of nitrogens with two attached hydrogens (primary N) is 1. The molecule has 1 heterocycles. The number of hydrogen-bond donors (Lipinski definition) is 3. The Bertz CT molecular complexity index is 726. The first-order valence-corrected chi connectivity index (χ1v) is 8.35. The number of nitrogens with zero attached hydrogens (tertiary/aromatic N) is 1. The normalized spacial score (nSPS) is 12.6. The summed E-state index contributed by atoms with van der Waals surface area (Å²) in [6, 6.07) is 10.6. The molecule has 1 unspecified atom stereocenters. The van der Waals surface area contributed by atoms with Crippen molar-refractivity contribution in [3.63, 3.8) is 0 Å². The lowest BCUT2D eigenvalue weighted by Gasteiger charge is -2.24. The van der Waals surface area contributed by atoms with E-state index in [0.29, 0.717) is 18.7 Å². The van der Waals surface area contributed by atoms with Crippen LogP contribution >= 0.6 is 0 Å². The number of pyridine rings is 1. The van der Waals surface area contributed by atoms with Crippen LogP contribution < -0.4 is 15.8 Å². The van der Waals surface area contributed by atoms with Gasteiger partial charge in [-0.2, -0.15) is 0 Å². The Kier molecular flexibility index (Phi) is 6.68. The molecule has 0 saturated carbocycles. The van der Waals surface area contributed by atoms with Crippen LogP contribution in [0.15, 0.2) is 42.6 Å². The van der Waals surface area contributed by atoms with Crippen LogP contribution in [0.3, 0.4) is 0 Å². The van der Waals surface area contributed by atoms with Crippen LogP contribution in [0.25, 0.3) is 0 Å². The minimum atomic E-state index is -1.01. The molecule has 1 aromatic heterocycles. The number of aromatic nitrogens is 1. The zero-order valence-corrected chi connectivity index (χ0v) is 15.2. The number of carbonyl (C=O) groups is 1. The maximum Gasteiger partial charge on any atom is 0.254 e. The average molecular weight is 359 g/mol. The standard InChI is InChI=1S/C19H25N3O4/c1-19(2,3)26-18(24)22-12-10-13-6-8-14(9-7-13)25-17-15(16(20)23)5-4-11-21-17/h4-9,11,18,22,24H,10,12H2,1-3H3,(H2,20,23). The third-order valence-corrected chi connectivity index (χ3v) is 3.37. The number of primary amides is 1. The van der Waals surface area contributed by atoms with Crippen molar-refractivity contribution >= 4 is 5.91 Å². The molecule has 0 bridgehead atoms. The minimum Gasteiger partial charge on any atom is -0.438 e. The molecule has 0 aliphatic heterocycles. The molecule has 4 N–H and O–H groups in total. The predicted molar refractivity (Wildman–Crippen MR) is 97.8 cm³/mol. The minimum absolute atomic E-state index is 0.178. The number of nitrogens with one attached hydrogen (secondary N) is 1. The fraction of sp³-hybridized carbons (Fsp3) is 0.368. The van der Waals surface area contributed by atoms with E-state index < -0.39 is 17.9 Å². The molecular weight excluding hydrogens is 334 g/mol. The fourth-order valence-corrected chi connectivity index (χ4v) is 2.21. The summed E-state index contributed by atoms with van der Waals surface area (Å²) >= 11 is 0. The largest absolute Gasteiger partial charge is 0.438 e. The van der Waals surface area contributed by atoms with Gasteiger partial charge in [-0.25, -0.2) is 4.98 Å². The Morgan fingerprint density at radius 1 is 1.27 bits per heavy atom. The van der Waals surface area contributed by atoms with E-state index in [1.807, 2.05) is 32.9 Å². The maximum atomic E-state index is 11.4. The molecule has 1 aromatic carbocycles. The van der Waals surface area contributed by atoms with E-state index in [0.717, 1.165) is 5.56 Å². The molecule has 2 aromatic rings. The lowest BCUT2D eigenvalue weighted by Crippen LogP contribution is -2.38. The van der Waals surface area contributed by atoms with Crippen LogP contribution in [-0.4, -0.2) is 34.6 Å². The predicted octanol–water partition coefficient (Wildman–Crippen LogP) is 2.20. The number of benzene rings is 1. The van der Waals surface area contributed by atoms with Gasteiger partial charge in [0.05, 0.1) is 5.60 Å². The second-order valence-corrected chi connectivity index (χ2v) is 6.75. The summed E-state index contributed by atoms with van der Waals surface area (Å²) in [5.74, 6) is 0.141. The number of rotatable bonds is 8. The first-order valence-electron chi connectivity index (χ1n) is 8.35. The van der Waals surface area contributed by atoms with Crippen molar-refractivity contribution in [1.29, 1.82) is 0 Å². The number of hydrogen-bond acceptors (Lipinski definition) is 6. The average Bonchev–Trinajstić information content (AvgIpc) is 2.55. The van der Waals surface area contributed by atoms with Gasteiger partial charge in [0.15, 0.2) is 0 Å². The van der Waals surface area contributed by atoms with Crippen molar-refractivity contribution in [1.82, 2.24) is 10.3 Å². The molecule has 26 heavy (non-hydrogen) atoms. The molecule has 0 aliphatic carbocycles. The van der Waals surface area contributed by atoms with Crippen molar-refractivity contribution < 1.29 is 19.4 Å². The fourth-order valence-electron chi connectivity index (χ4n) is 2.21. The van der Waals surface area contributed by atoms with Crippen LogP contribution in [0.1, 0.15) is 36.7 Å². The summed E-state index contributed by atoms with van der Waals surface area (Å²) in [7, 11) is 0. The van der Waals surface area contributed by atoms with E-state index >= 15 is 0 Å². The lowest BCUT2D eigenvalue weighted by atomic mass is 10.1. The number of amides is 1. The highest BCUT2D eigenvalue weighted by Crippen LogP contribution is 2.23. The van der Waals surface area contributed by atoms with Crippen LogP contribution in [-0.2, 0) is 11.2 Å². The van der Waals surface area contributed by atoms with Crippen LogP contribution in [0.5, 0.6) is 11.6 Å². The molecular formula is C19H25N3O4. The van der Waals surface area contributed by atoms with Crippen molar-refractivity contribution in [2.75, 3.05) is 6.54 Å². The monoisotopic (exact) mass is 359 g/mol. The summed E-state index contributed by atoms with van der Waals surface area (Å²) in [4.78, 5) is 15.4. The number of carbonyl (C=O) groups excluding carboxylic acids is 1. The Labute approximate surface area is 153 Å². The quantitative estimate of drug-likeness (QED) is 0.624. The lowest BCUT2D eigenvalue weighted by molar-refractivity contribution is -0.181. The van der Waals surface area contributed by atoms with Gasteiger partial charge in [0.25, 0.3) is 5.91 Å². The van der Waals surface area contributed by atoms with Crippen LogP contribution in [0.2, 0.25) is 0 Å². The van der Waals surface area contributed by atoms with Gasteiger partial charge in [-0.05, 0) is 57.0 Å². The third kappa shape index (κ3) is 6.44. The van der Waals surface area contributed by atoms with Gasteiger partial charge in [-0.15, -0.1) is 0 Å². The smallest absolute Gasteiger partial charge is 0.254 e. The van der Waals surface area contributed by atoms with Crippen molar-refractivity contribution in [3.8, 4) is 11.6 Å². The SMILES string of the molecule is CC(C)(C)OC(O)NCCc1ccc(Oc2ncccc2C(N)=O)cc1. The van der Waals surface area contributed by atoms with Gasteiger partial charge in [0, 0.05) is 12.7 Å². The molecule has 0 fully saturated rings. The van der Waals surface area contributed by atoms with Crippen molar-refractivity contribution in [2.45, 2.75) is 39.2 Å². The maximum absolute atomic E-state index is 11.4. The number of aliphatic hydroxyl groups is 1. The highest BCUT2D eigenvalue weighted by atomic mass is 16.6. The Hall–Kier alpha value is -2.48. The van der Waals surface area contributed by atoms with Crippen molar-refractivity contribution in [2.24, 2.45) is 5.73 Å². The van der Waals surface area contributed by atoms with Gasteiger partial charge < -0.3 is 20.3 Å².